The number of hydrogen-bond donors (Lipinski definition) is 0. The van der Waals surface area contributed by atoms with E-state index in [4.69, 9.17) is 14.5 Å². The van der Waals surface area contributed by atoms with E-state index in [1.54, 1.807) is 12.0 Å². The first-order valence-electron chi connectivity index (χ1n) is 9.36. The maximum atomic E-state index is 13.2. The van der Waals surface area contributed by atoms with E-state index in [0.717, 1.165) is 48.8 Å². The zero-order chi connectivity index (χ0) is 19.3. The van der Waals surface area contributed by atoms with Gasteiger partial charge in [0.2, 0.25) is 0 Å². The zero-order valence-corrected chi connectivity index (χ0v) is 17.9. The Morgan fingerprint density at radius 3 is 2.69 bits per heavy atom. The fourth-order valence-electron chi connectivity index (χ4n) is 3.22. The lowest BCUT2D eigenvalue weighted by atomic mass is 10.2. The highest BCUT2D eigenvalue weighted by Crippen LogP contribution is 2.32. The van der Waals surface area contributed by atoms with Crippen LogP contribution in [0.3, 0.4) is 0 Å². The molecule has 1 aromatic heterocycles. The van der Waals surface area contributed by atoms with Gasteiger partial charge in [0.15, 0.2) is 5.13 Å². The van der Waals surface area contributed by atoms with Gasteiger partial charge in [-0.05, 0) is 24.3 Å². The standard InChI is InChI=1S/C21H23N3O3S.ClH/c1-26-17-7-8-19-18(15-17)22-21(28-19)24(10-9-23-11-13-27-14-12-23)20(25)16-5-3-2-4-6-16;/h2-8,15H,9-14H2,1H3;1H. The number of benzene rings is 2. The largest absolute Gasteiger partial charge is 0.497 e. The Hall–Kier alpha value is -2.19. The van der Waals surface area contributed by atoms with Crippen LogP contribution < -0.4 is 9.64 Å². The molecule has 1 aliphatic rings. The van der Waals surface area contributed by atoms with Crippen LogP contribution >= 0.6 is 23.7 Å². The number of nitrogens with zero attached hydrogens (tertiary/aromatic N) is 3. The molecule has 0 spiro atoms. The minimum absolute atomic E-state index is 0. The molecule has 1 fully saturated rings. The summed E-state index contributed by atoms with van der Waals surface area (Å²) in [4.78, 5) is 22.1. The summed E-state index contributed by atoms with van der Waals surface area (Å²) in [6.45, 7) is 4.65. The van der Waals surface area contributed by atoms with E-state index in [1.165, 1.54) is 11.3 Å². The molecule has 8 heteroatoms. The number of ether oxygens (including phenoxy) is 2. The van der Waals surface area contributed by atoms with Crippen molar-refractivity contribution in [1.29, 1.82) is 0 Å². The average Bonchev–Trinajstić information content (AvgIpc) is 3.18. The highest BCUT2D eigenvalue weighted by atomic mass is 35.5. The van der Waals surface area contributed by atoms with Gasteiger partial charge in [0, 0.05) is 37.8 Å². The average molecular weight is 434 g/mol. The van der Waals surface area contributed by atoms with Gasteiger partial charge < -0.3 is 9.47 Å². The molecule has 0 N–H and O–H groups in total. The van der Waals surface area contributed by atoms with Crippen molar-refractivity contribution >= 4 is 45.0 Å². The monoisotopic (exact) mass is 433 g/mol. The van der Waals surface area contributed by atoms with Crippen LogP contribution in [-0.4, -0.2) is 62.3 Å². The van der Waals surface area contributed by atoms with E-state index in [9.17, 15) is 4.79 Å². The van der Waals surface area contributed by atoms with E-state index in [2.05, 4.69) is 4.90 Å². The molecular weight excluding hydrogens is 410 g/mol. The summed E-state index contributed by atoms with van der Waals surface area (Å²) in [5, 5.41) is 0.713. The van der Waals surface area contributed by atoms with Crippen molar-refractivity contribution in [2.24, 2.45) is 0 Å². The summed E-state index contributed by atoms with van der Waals surface area (Å²) in [7, 11) is 1.64. The molecule has 1 saturated heterocycles. The third kappa shape index (κ3) is 5.05. The first-order valence-corrected chi connectivity index (χ1v) is 10.2. The SMILES string of the molecule is COc1ccc2sc(N(CCN3CCOCC3)C(=O)c3ccccc3)nc2c1.Cl. The molecule has 0 aliphatic carbocycles. The number of hydrogen-bond acceptors (Lipinski definition) is 6. The van der Waals surface area contributed by atoms with Crippen molar-refractivity contribution in [2.75, 3.05) is 51.4 Å². The number of aromatic nitrogens is 1. The number of anilines is 1. The van der Waals surface area contributed by atoms with E-state index >= 15 is 0 Å². The fourth-order valence-corrected chi connectivity index (χ4v) is 4.19. The van der Waals surface area contributed by atoms with E-state index < -0.39 is 0 Å². The van der Waals surface area contributed by atoms with E-state index in [1.807, 2.05) is 48.5 Å². The molecule has 0 bridgehead atoms. The van der Waals surface area contributed by atoms with E-state index in [0.29, 0.717) is 17.2 Å². The quantitative estimate of drug-likeness (QED) is 0.593. The maximum Gasteiger partial charge on any atom is 0.260 e. The van der Waals surface area contributed by atoms with Gasteiger partial charge in [-0.1, -0.05) is 29.5 Å². The number of halogens is 1. The molecule has 2 aromatic carbocycles. The molecule has 29 heavy (non-hydrogen) atoms. The summed E-state index contributed by atoms with van der Waals surface area (Å²) in [6.07, 6.45) is 0. The summed E-state index contributed by atoms with van der Waals surface area (Å²) >= 11 is 1.53. The number of rotatable bonds is 6. The van der Waals surface area contributed by atoms with Crippen molar-refractivity contribution in [2.45, 2.75) is 0 Å². The lowest BCUT2D eigenvalue weighted by Gasteiger charge is -2.29. The predicted molar refractivity (Wildman–Crippen MR) is 119 cm³/mol. The second-order valence-corrected chi connectivity index (χ2v) is 7.62. The molecule has 0 atom stereocenters. The summed E-state index contributed by atoms with van der Waals surface area (Å²) < 4.78 is 11.8. The first kappa shape index (κ1) is 21.5. The van der Waals surface area contributed by atoms with Gasteiger partial charge in [0.05, 0.1) is 30.5 Å². The van der Waals surface area contributed by atoms with Crippen LogP contribution in [-0.2, 0) is 4.74 Å². The van der Waals surface area contributed by atoms with Crippen LogP contribution in [0.1, 0.15) is 10.4 Å². The molecule has 2 heterocycles. The Labute approximate surface area is 180 Å². The smallest absolute Gasteiger partial charge is 0.260 e. The van der Waals surface area contributed by atoms with Gasteiger partial charge in [-0.15, -0.1) is 12.4 Å². The number of carbonyl (C=O) groups is 1. The van der Waals surface area contributed by atoms with Crippen molar-refractivity contribution in [3.8, 4) is 5.75 Å². The molecule has 4 rings (SSSR count). The molecule has 154 valence electrons. The lowest BCUT2D eigenvalue weighted by Crippen LogP contribution is -2.43. The van der Waals surface area contributed by atoms with Gasteiger partial charge >= 0.3 is 0 Å². The molecule has 3 aromatic rings. The molecule has 0 radical (unpaired) electrons. The maximum absolute atomic E-state index is 13.2. The highest BCUT2D eigenvalue weighted by molar-refractivity contribution is 7.22. The summed E-state index contributed by atoms with van der Waals surface area (Å²) in [5.74, 6) is 0.735. The Balaban J connectivity index is 0.00000240. The predicted octanol–water partition coefficient (Wildman–Crippen LogP) is 3.71. The van der Waals surface area contributed by atoms with Crippen LogP contribution in [0.25, 0.3) is 10.2 Å². The minimum atomic E-state index is -0.0279. The molecular formula is C21H24ClN3O3S. The normalized spacial score (nSPS) is 14.4. The molecule has 6 nitrogen and oxygen atoms in total. The summed E-state index contributed by atoms with van der Waals surface area (Å²) in [5.41, 5.74) is 1.51. The summed E-state index contributed by atoms with van der Waals surface area (Å²) in [6, 6.07) is 15.2. The van der Waals surface area contributed by atoms with Crippen molar-refractivity contribution < 1.29 is 14.3 Å². The van der Waals surface area contributed by atoms with Crippen LogP contribution in [0.2, 0.25) is 0 Å². The van der Waals surface area contributed by atoms with E-state index in [-0.39, 0.29) is 18.3 Å². The second-order valence-electron chi connectivity index (χ2n) is 6.61. The number of amides is 1. The van der Waals surface area contributed by atoms with Crippen LogP contribution in [0.4, 0.5) is 5.13 Å². The van der Waals surface area contributed by atoms with Crippen LogP contribution in [0.15, 0.2) is 48.5 Å². The third-order valence-corrected chi connectivity index (χ3v) is 5.88. The van der Waals surface area contributed by atoms with Gasteiger partial charge in [-0.3, -0.25) is 14.6 Å². The lowest BCUT2D eigenvalue weighted by molar-refractivity contribution is 0.0391. The Kier molecular flexibility index (Phi) is 7.44. The fraction of sp³-hybridized carbons (Fsp3) is 0.333. The Morgan fingerprint density at radius 1 is 1.21 bits per heavy atom. The minimum Gasteiger partial charge on any atom is -0.497 e. The number of morpholine rings is 1. The Morgan fingerprint density at radius 2 is 1.97 bits per heavy atom. The van der Waals surface area contributed by atoms with Crippen molar-refractivity contribution in [3.05, 3.63) is 54.1 Å². The number of fused-ring (bicyclic) bond motifs is 1. The Bertz CT molecular complexity index is 945. The number of methoxy groups -OCH3 is 1. The van der Waals surface area contributed by atoms with Gasteiger partial charge in [0.1, 0.15) is 5.75 Å². The zero-order valence-electron chi connectivity index (χ0n) is 16.2. The van der Waals surface area contributed by atoms with Crippen molar-refractivity contribution in [1.82, 2.24) is 9.88 Å². The number of carbonyl (C=O) groups excluding carboxylic acids is 1. The number of thiazole rings is 1. The third-order valence-electron chi connectivity index (χ3n) is 4.82. The topological polar surface area (TPSA) is 54.9 Å². The molecule has 0 unspecified atom stereocenters. The van der Waals surface area contributed by atoms with Gasteiger partial charge in [-0.25, -0.2) is 4.98 Å². The van der Waals surface area contributed by atoms with Crippen LogP contribution in [0, 0.1) is 0 Å². The molecule has 1 amide bonds. The van der Waals surface area contributed by atoms with Gasteiger partial charge in [-0.2, -0.15) is 0 Å². The van der Waals surface area contributed by atoms with Gasteiger partial charge in [0.25, 0.3) is 5.91 Å². The first-order chi connectivity index (χ1) is 13.7. The molecule has 0 saturated carbocycles. The van der Waals surface area contributed by atoms with Crippen molar-refractivity contribution in [3.63, 3.8) is 0 Å². The molecule has 1 aliphatic heterocycles. The highest BCUT2D eigenvalue weighted by Gasteiger charge is 2.22. The second kappa shape index (κ2) is 10.0. The van der Waals surface area contributed by atoms with Crippen LogP contribution in [0.5, 0.6) is 5.75 Å².